The van der Waals surface area contributed by atoms with Gasteiger partial charge in [-0.25, -0.2) is 0 Å². The second-order valence-electron chi connectivity index (χ2n) is 5.01. The number of carbonyl (C=O) groups is 2. The van der Waals surface area contributed by atoms with Crippen LogP contribution in [0.4, 0.5) is 0 Å². The topological polar surface area (TPSA) is 74.6 Å². The normalized spacial score (nSPS) is 11.5. The molecule has 2 rings (SSSR count). The summed E-state index contributed by atoms with van der Waals surface area (Å²) in [4.78, 5) is 23.3. The van der Waals surface area contributed by atoms with Gasteiger partial charge in [0.15, 0.2) is 5.78 Å². The minimum Gasteiger partial charge on any atom is -0.508 e. The molecular formula is C15H14O4. The summed E-state index contributed by atoms with van der Waals surface area (Å²) in [5.41, 5.74) is -1.10. The molecule has 0 bridgehead atoms. The molecule has 0 amide bonds. The smallest absolute Gasteiger partial charge is 0.316 e. The van der Waals surface area contributed by atoms with Gasteiger partial charge in [-0.15, -0.1) is 0 Å². The number of hydrogen-bond donors (Lipinski definition) is 2. The van der Waals surface area contributed by atoms with Crippen LogP contribution in [-0.2, 0) is 4.79 Å². The van der Waals surface area contributed by atoms with Crippen LogP contribution in [0.3, 0.4) is 0 Å². The van der Waals surface area contributed by atoms with E-state index in [1.165, 1.54) is 19.9 Å². The Morgan fingerprint density at radius 3 is 2.21 bits per heavy atom. The third-order valence-corrected chi connectivity index (χ3v) is 3.19. The summed E-state index contributed by atoms with van der Waals surface area (Å²) >= 11 is 0. The molecule has 0 radical (unpaired) electrons. The first kappa shape index (κ1) is 13.1. The molecule has 4 heteroatoms. The lowest BCUT2D eigenvalue weighted by Crippen LogP contribution is -2.33. The number of Topliss-reactive ketones (excluding diaryl/α,β-unsaturated/α-hetero) is 1. The Morgan fingerprint density at radius 1 is 1.00 bits per heavy atom. The highest BCUT2D eigenvalue weighted by atomic mass is 16.4. The number of benzene rings is 2. The first-order valence-electron chi connectivity index (χ1n) is 5.83. The van der Waals surface area contributed by atoms with Crippen LogP contribution in [0, 0.1) is 5.41 Å². The third kappa shape index (κ3) is 2.29. The number of phenols is 1. The molecule has 0 spiro atoms. The van der Waals surface area contributed by atoms with Gasteiger partial charge in [-0.05, 0) is 42.8 Å². The summed E-state index contributed by atoms with van der Waals surface area (Å²) in [6.07, 6.45) is 0. The fourth-order valence-corrected chi connectivity index (χ4v) is 1.83. The standard InChI is InChI=1S/C15H14O4/c1-15(2,14(18)19)13(17)11-4-3-10-8-12(16)6-5-9(10)7-11/h3-8,16H,1-2H3,(H,18,19). The molecule has 0 saturated heterocycles. The van der Waals surface area contributed by atoms with Crippen LogP contribution in [0.25, 0.3) is 10.8 Å². The van der Waals surface area contributed by atoms with Crippen LogP contribution in [0.1, 0.15) is 24.2 Å². The van der Waals surface area contributed by atoms with Gasteiger partial charge in [0.05, 0.1) is 0 Å². The van der Waals surface area contributed by atoms with Crippen molar-refractivity contribution in [2.75, 3.05) is 0 Å². The average Bonchev–Trinajstić information content (AvgIpc) is 2.37. The van der Waals surface area contributed by atoms with E-state index in [1.54, 1.807) is 30.3 Å². The lowest BCUT2D eigenvalue weighted by atomic mass is 9.84. The molecule has 0 saturated carbocycles. The largest absolute Gasteiger partial charge is 0.508 e. The second kappa shape index (κ2) is 4.39. The van der Waals surface area contributed by atoms with E-state index in [0.29, 0.717) is 5.56 Å². The van der Waals surface area contributed by atoms with E-state index in [4.69, 9.17) is 5.11 Å². The van der Waals surface area contributed by atoms with Crippen LogP contribution in [0.2, 0.25) is 0 Å². The number of carboxylic acids is 1. The average molecular weight is 258 g/mol. The molecule has 0 aromatic heterocycles. The lowest BCUT2D eigenvalue weighted by Gasteiger charge is -2.17. The Morgan fingerprint density at radius 2 is 1.58 bits per heavy atom. The number of ketones is 1. The van der Waals surface area contributed by atoms with E-state index in [0.717, 1.165) is 10.8 Å². The Kier molecular flexibility index (Phi) is 3.02. The van der Waals surface area contributed by atoms with Gasteiger partial charge in [0, 0.05) is 5.56 Å². The van der Waals surface area contributed by atoms with Gasteiger partial charge in [0.2, 0.25) is 0 Å². The van der Waals surface area contributed by atoms with Gasteiger partial charge < -0.3 is 10.2 Å². The van der Waals surface area contributed by atoms with Crippen LogP contribution < -0.4 is 0 Å². The summed E-state index contributed by atoms with van der Waals surface area (Å²) in [5, 5.41) is 20.0. The van der Waals surface area contributed by atoms with E-state index >= 15 is 0 Å². The van der Waals surface area contributed by atoms with E-state index in [1.807, 2.05) is 0 Å². The molecule has 98 valence electrons. The summed E-state index contributed by atoms with van der Waals surface area (Å²) in [6, 6.07) is 9.72. The molecular weight excluding hydrogens is 244 g/mol. The first-order valence-corrected chi connectivity index (χ1v) is 5.83. The van der Waals surface area contributed by atoms with Crippen molar-refractivity contribution in [2.24, 2.45) is 5.41 Å². The molecule has 0 heterocycles. The van der Waals surface area contributed by atoms with E-state index in [2.05, 4.69) is 0 Å². The summed E-state index contributed by atoms with van der Waals surface area (Å²) in [5.74, 6) is -1.43. The molecule has 0 fully saturated rings. The first-order chi connectivity index (χ1) is 8.82. The maximum atomic E-state index is 12.2. The monoisotopic (exact) mass is 258 g/mol. The highest BCUT2D eigenvalue weighted by molar-refractivity contribution is 6.12. The molecule has 2 aromatic carbocycles. The molecule has 2 aromatic rings. The van der Waals surface area contributed by atoms with Gasteiger partial charge in [-0.3, -0.25) is 9.59 Å². The number of fused-ring (bicyclic) bond motifs is 1. The zero-order chi connectivity index (χ0) is 14.2. The SMILES string of the molecule is CC(C)(C(=O)O)C(=O)c1ccc2cc(O)ccc2c1. The second-order valence-corrected chi connectivity index (χ2v) is 5.01. The van der Waals surface area contributed by atoms with E-state index in [9.17, 15) is 14.7 Å². The highest BCUT2D eigenvalue weighted by Gasteiger charge is 2.36. The number of hydrogen-bond acceptors (Lipinski definition) is 3. The molecule has 0 aliphatic carbocycles. The molecule has 0 atom stereocenters. The molecule has 4 nitrogen and oxygen atoms in total. The Bertz CT molecular complexity index is 671. The van der Waals surface area contributed by atoms with Crippen molar-refractivity contribution in [1.82, 2.24) is 0 Å². The predicted octanol–water partition coefficient (Wildman–Crippen LogP) is 2.84. The van der Waals surface area contributed by atoms with E-state index in [-0.39, 0.29) is 5.75 Å². The Hall–Kier alpha value is -2.36. The Balaban J connectivity index is 2.50. The van der Waals surface area contributed by atoms with Crippen molar-refractivity contribution in [1.29, 1.82) is 0 Å². The number of carboxylic acid groups (broad SMARTS) is 1. The van der Waals surface area contributed by atoms with Gasteiger partial charge in [0.25, 0.3) is 0 Å². The predicted molar refractivity (Wildman–Crippen MR) is 71.4 cm³/mol. The third-order valence-electron chi connectivity index (χ3n) is 3.19. The summed E-state index contributed by atoms with van der Waals surface area (Å²) < 4.78 is 0. The van der Waals surface area contributed by atoms with Crippen LogP contribution in [0.15, 0.2) is 36.4 Å². The summed E-state index contributed by atoms with van der Waals surface area (Å²) in [7, 11) is 0. The summed E-state index contributed by atoms with van der Waals surface area (Å²) in [6.45, 7) is 2.78. The molecule has 0 aliphatic heterocycles. The van der Waals surface area contributed by atoms with Gasteiger partial charge in [0.1, 0.15) is 11.2 Å². The number of phenolic OH excluding ortho intramolecular Hbond substituents is 1. The van der Waals surface area contributed by atoms with Crippen molar-refractivity contribution >= 4 is 22.5 Å². The van der Waals surface area contributed by atoms with Crippen molar-refractivity contribution in [3.05, 3.63) is 42.0 Å². The van der Waals surface area contributed by atoms with Gasteiger partial charge in [-0.2, -0.15) is 0 Å². The van der Waals surface area contributed by atoms with Crippen molar-refractivity contribution in [3.8, 4) is 5.75 Å². The van der Waals surface area contributed by atoms with Crippen molar-refractivity contribution < 1.29 is 19.8 Å². The van der Waals surface area contributed by atoms with Crippen molar-refractivity contribution in [3.63, 3.8) is 0 Å². The maximum Gasteiger partial charge on any atom is 0.316 e. The van der Waals surface area contributed by atoms with Crippen LogP contribution in [-0.4, -0.2) is 22.0 Å². The zero-order valence-electron chi connectivity index (χ0n) is 10.7. The van der Waals surface area contributed by atoms with Crippen molar-refractivity contribution in [2.45, 2.75) is 13.8 Å². The molecule has 0 aliphatic rings. The van der Waals surface area contributed by atoms with Crippen LogP contribution in [0.5, 0.6) is 5.75 Å². The maximum absolute atomic E-state index is 12.2. The minimum absolute atomic E-state index is 0.150. The van der Waals surface area contributed by atoms with Gasteiger partial charge >= 0.3 is 5.97 Å². The van der Waals surface area contributed by atoms with Crippen LogP contribution >= 0.6 is 0 Å². The molecule has 19 heavy (non-hydrogen) atoms. The molecule has 0 unspecified atom stereocenters. The number of aliphatic carboxylic acids is 1. The minimum atomic E-state index is -1.45. The molecule has 2 N–H and O–H groups in total. The number of carbonyl (C=O) groups excluding carboxylic acids is 1. The fourth-order valence-electron chi connectivity index (χ4n) is 1.83. The van der Waals surface area contributed by atoms with Gasteiger partial charge in [-0.1, -0.05) is 18.2 Å². The Labute approximate surface area is 110 Å². The fraction of sp³-hybridized carbons (Fsp3) is 0.200. The van der Waals surface area contributed by atoms with E-state index < -0.39 is 17.2 Å². The zero-order valence-corrected chi connectivity index (χ0v) is 10.7. The number of rotatable bonds is 3. The quantitative estimate of drug-likeness (QED) is 0.655. The lowest BCUT2D eigenvalue weighted by molar-refractivity contribution is -0.144. The number of aromatic hydroxyl groups is 1. The highest BCUT2D eigenvalue weighted by Crippen LogP contribution is 2.26.